The third-order valence-corrected chi connectivity index (χ3v) is 4.40. The molecule has 0 aliphatic heterocycles. The summed E-state index contributed by atoms with van der Waals surface area (Å²) in [6, 6.07) is 18.3. The first kappa shape index (κ1) is 15.8. The summed E-state index contributed by atoms with van der Waals surface area (Å²) in [5.74, 6) is 1.07. The van der Waals surface area contributed by atoms with Crippen molar-refractivity contribution in [3.05, 3.63) is 70.8 Å². The number of benzene rings is 2. The van der Waals surface area contributed by atoms with E-state index in [9.17, 15) is 0 Å². The van der Waals surface area contributed by atoms with Gasteiger partial charge in [-0.1, -0.05) is 82.6 Å². The number of aryl methyl sites for hydroxylation is 1. The maximum absolute atomic E-state index is 2.30. The van der Waals surface area contributed by atoms with Gasteiger partial charge in [0.1, 0.15) is 0 Å². The number of hydrogen-bond donors (Lipinski definition) is 0. The maximum Gasteiger partial charge on any atom is 0.00610 e. The van der Waals surface area contributed by atoms with E-state index >= 15 is 0 Å². The minimum Gasteiger partial charge on any atom is -0.0654 e. The smallest absolute Gasteiger partial charge is 0.00610 e. The van der Waals surface area contributed by atoms with Crippen molar-refractivity contribution >= 4 is 0 Å². The van der Waals surface area contributed by atoms with Gasteiger partial charge in [0, 0.05) is 5.92 Å². The second kappa shape index (κ2) is 7.45. The van der Waals surface area contributed by atoms with Crippen LogP contribution in [0.1, 0.15) is 74.6 Å². The van der Waals surface area contributed by atoms with E-state index in [4.69, 9.17) is 0 Å². The minimum atomic E-state index is 0.464. The SMILES string of the molecule is CCCCc1ccc(C(C)c2ccc(C(C)C)cc2)cc1. The molecule has 112 valence electrons. The van der Waals surface area contributed by atoms with Crippen molar-refractivity contribution in [2.75, 3.05) is 0 Å². The summed E-state index contributed by atoms with van der Waals surface area (Å²) in [4.78, 5) is 0. The first-order chi connectivity index (χ1) is 10.1. The average molecular weight is 280 g/mol. The molecular weight excluding hydrogens is 252 g/mol. The molecule has 0 aliphatic carbocycles. The van der Waals surface area contributed by atoms with Crippen molar-refractivity contribution in [2.24, 2.45) is 0 Å². The van der Waals surface area contributed by atoms with Gasteiger partial charge in [-0.2, -0.15) is 0 Å². The van der Waals surface area contributed by atoms with Gasteiger partial charge < -0.3 is 0 Å². The third kappa shape index (κ3) is 4.20. The fourth-order valence-electron chi connectivity index (χ4n) is 2.72. The molecular formula is C21H28. The second-order valence-electron chi connectivity index (χ2n) is 6.39. The fourth-order valence-corrected chi connectivity index (χ4v) is 2.72. The molecule has 2 aromatic carbocycles. The fraction of sp³-hybridized carbons (Fsp3) is 0.429. The van der Waals surface area contributed by atoms with Crippen LogP contribution in [0.25, 0.3) is 0 Å². The first-order valence-electron chi connectivity index (χ1n) is 8.30. The topological polar surface area (TPSA) is 0 Å². The van der Waals surface area contributed by atoms with Gasteiger partial charge in [-0.3, -0.25) is 0 Å². The zero-order valence-electron chi connectivity index (χ0n) is 13.9. The van der Waals surface area contributed by atoms with Gasteiger partial charge in [0.2, 0.25) is 0 Å². The van der Waals surface area contributed by atoms with Crippen LogP contribution in [0.5, 0.6) is 0 Å². The van der Waals surface area contributed by atoms with Crippen molar-refractivity contribution in [1.29, 1.82) is 0 Å². The molecule has 0 amide bonds. The Balaban J connectivity index is 2.10. The third-order valence-electron chi connectivity index (χ3n) is 4.40. The summed E-state index contributed by atoms with van der Waals surface area (Å²) in [5, 5.41) is 0. The van der Waals surface area contributed by atoms with E-state index < -0.39 is 0 Å². The lowest BCUT2D eigenvalue weighted by Crippen LogP contribution is -1.97. The van der Waals surface area contributed by atoms with E-state index in [1.165, 1.54) is 41.5 Å². The highest BCUT2D eigenvalue weighted by Gasteiger charge is 2.09. The van der Waals surface area contributed by atoms with Gasteiger partial charge in [-0.15, -0.1) is 0 Å². The zero-order valence-corrected chi connectivity index (χ0v) is 13.9. The molecule has 0 fully saturated rings. The molecule has 1 atom stereocenters. The van der Waals surface area contributed by atoms with Crippen molar-refractivity contribution < 1.29 is 0 Å². The monoisotopic (exact) mass is 280 g/mol. The highest BCUT2D eigenvalue weighted by molar-refractivity contribution is 5.35. The summed E-state index contributed by atoms with van der Waals surface area (Å²) in [5.41, 5.74) is 5.69. The van der Waals surface area contributed by atoms with Crippen LogP contribution in [0.4, 0.5) is 0 Å². The summed E-state index contributed by atoms with van der Waals surface area (Å²) in [6.07, 6.45) is 3.75. The van der Waals surface area contributed by atoms with Crippen LogP contribution in [0, 0.1) is 0 Å². The Morgan fingerprint density at radius 3 is 1.67 bits per heavy atom. The van der Waals surface area contributed by atoms with Crippen LogP contribution in [0.15, 0.2) is 48.5 Å². The predicted octanol–water partition coefficient (Wildman–Crippen LogP) is 6.30. The lowest BCUT2D eigenvalue weighted by Gasteiger charge is -2.14. The molecule has 1 unspecified atom stereocenters. The lowest BCUT2D eigenvalue weighted by molar-refractivity contribution is 0.794. The summed E-state index contributed by atoms with van der Waals surface area (Å²) < 4.78 is 0. The molecule has 2 rings (SSSR count). The normalized spacial score (nSPS) is 12.6. The molecule has 0 saturated carbocycles. The molecule has 0 bridgehead atoms. The van der Waals surface area contributed by atoms with Gasteiger partial charge in [-0.25, -0.2) is 0 Å². The Hall–Kier alpha value is -1.56. The number of hydrogen-bond acceptors (Lipinski definition) is 0. The molecule has 0 aliphatic rings. The Morgan fingerprint density at radius 2 is 1.19 bits per heavy atom. The number of unbranched alkanes of at least 4 members (excludes halogenated alkanes) is 1. The molecule has 0 aromatic heterocycles. The van der Waals surface area contributed by atoms with Crippen LogP contribution < -0.4 is 0 Å². The largest absolute Gasteiger partial charge is 0.0654 e. The van der Waals surface area contributed by atoms with Gasteiger partial charge >= 0.3 is 0 Å². The average Bonchev–Trinajstić information content (AvgIpc) is 2.53. The zero-order chi connectivity index (χ0) is 15.2. The van der Waals surface area contributed by atoms with E-state index in [1.807, 2.05) is 0 Å². The Morgan fingerprint density at radius 1 is 0.714 bits per heavy atom. The van der Waals surface area contributed by atoms with Gasteiger partial charge in [0.25, 0.3) is 0 Å². The van der Waals surface area contributed by atoms with Crippen molar-refractivity contribution in [1.82, 2.24) is 0 Å². The van der Waals surface area contributed by atoms with E-state index in [1.54, 1.807) is 0 Å². The Bertz CT molecular complexity index is 531. The van der Waals surface area contributed by atoms with E-state index in [0.29, 0.717) is 11.8 Å². The molecule has 0 radical (unpaired) electrons. The van der Waals surface area contributed by atoms with Gasteiger partial charge in [0.05, 0.1) is 0 Å². The predicted molar refractivity (Wildman–Crippen MR) is 93.1 cm³/mol. The van der Waals surface area contributed by atoms with Gasteiger partial charge in [0.15, 0.2) is 0 Å². The molecule has 0 heterocycles. The highest BCUT2D eigenvalue weighted by Crippen LogP contribution is 2.26. The molecule has 0 N–H and O–H groups in total. The Labute approximate surface area is 130 Å². The molecule has 0 nitrogen and oxygen atoms in total. The summed E-state index contributed by atoms with van der Waals surface area (Å²) >= 11 is 0. The van der Waals surface area contributed by atoms with Crippen LogP contribution in [0.3, 0.4) is 0 Å². The van der Waals surface area contributed by atoms with E-state index in [-0.39, 0.29) is 0 Å². The van der Waals surface area contributed by atoms with Gasteiger partial charge in [-0.05, 0) is 41.0 Å². The molecule has 0 spiro atoms. The molecule has 2 aromatic rings. The highest BCUT2D eigenvalue weighted by atomic mass is 14.1. The van der Waals surface area contributed by atoms with Crippen LogP contribution in [-0.4, -0.2) is 0 Å². The quantitative estimate of drug-likeness (QED) is 0.582. The standard InChI is InChI=1S/C21H28/c1-5-6-7-18-8-10-20(11-9-18)17(4)21-14-12-19(13-15-21)16(2)3/h8-17H,5-7H2,1-4H3. The molecule has 0 saturated heterocycles. The summed E-state index contributed by atoms with van der Waals surface area (Å²) in [7, 11) is 0. The maximum atomic E-state index is 2.30. The van der Waals surface area contributed by atoms with E-state index in [0.717, 1.165) is 0 Å². The van der Waals surface area contributed by atoms with Crippen LogP contribution in [-0.2, 0) is 6.42 Å². The second-order valence-corrected chi connectivity index (χ2v) is 6.39. The molecule has 0 heteroatoms. The Kier molecular flexibility index (Phi) is 5.61. The first-order valence-corrected chi connectivity index (χ1v) is 8.30. The van der Waals surface area contributed by atoms with Crippen molar-refractivity contribution in [3.63, 3.8) is 0 Å². The van der Waals surface area contributed by atoms with Crippen LogP contribution in [0.2, 0.25) is 0 Å². The summed E-state index contributed by atoms with van der Waals surface area (Å²) in [6.45, 7) is 9.03. The van der Waals surface area contributed by atoms with Crippen molar-refractivity contribution in [2.45, 2.75) is 58.8 Å². The molecule has 21 heavy (non-hydrogen) atoms. The minimum absolute atomic E-state index is 0.464. The number of rotatable bonds is 6. The van der Waals surface area contributed by atoms with E-state index in [2.05, 4.69) is 76.2 Å². The lowest BCUT2D eigenvalue weighted by atomic mass is 9.90. The van der Waals surface area contributed by atoms with Crippen molar-refractivity contribution in [3.8, 4) is 0 Å². The van der Waals surface area contributed by atoms with Crippen LogP contribution >= 0.6 is 0 Å².